The molecule has 6 nitrogen and oxygen atoms in total. The standard InChI is InChI=1S/C26H36ClN3O3/c1-18(26-13-19-9-20(14-26)11-21(10-19)15-26)28-24(31)16-33-17-25(32)30-7-5-29(6-8-30)23-4-2-3-22(27)12-23/h2-4,12,18-21H,5-11,13-17H2,1H3,(H,28,31)/t18-,19?,20?,21?,26?/m0/s1. The van der Waals surface area contributed by atoms with E-state index in [1.165, 1.54) is 38.5 Å². The van der Waals surface area contributed by atoms with Crippen LogP contribution in [0.25, 0.3) is 0 Å². The second kappa shape index (κ2) is 9.46. The van der Waals surface area contributed by atoms with E-state index in [0.717, 1.165) is 41.6 Å². The summed E-state index contributed by atoms with van der Waals surface area (Å²) >= 11 is 6.09. The van der Waals surface area contributed by atoms with Crippen molar-refractivity contribution in [2.75, 3.05) is 44.3 Å². The number of nitrogens with one attached hydrogen (secondary N) is 1. The average molecular weight is 474 g/mol. The Morgan fingerprint density at radius 3 is 2.30 bits per heavy atom. The lowest BCUT2D eigenvalue weighted by molar-refractivity contribution is -0.139. The maximum absolute atomic E-state index is 12.6. The first kappa shape index (κ1) is 23.0. The van der Waals surface area contributed by atoms with Gasteiger partial charge in [-0.3, -0.25) is 9.59 Å². The topological polar surface area (TPSA) is 61.9 Å². The number of carbonyl (C=O) groups is 2. The Kier molecular flexibility index (Phi) is 6.58. The second-order valence-electron chi connectivity index (χ2n) is 10.9. The van der Waals surface area contributed by atoms with Crippen LogP contribution >= 0.6 is 11.6 Å². The molecule has 180 valence electrons. The fraction of sp³-hybridized carbons (Fsp3) is 0.692. The Balaban J connectivity index is 1.03. The maximum Gasteiger partial charge on any atom is 0.248 e. The van der Waals surface area contributed by atoms with Gasteiger partial charge in [-0.05, 0) is 86.8 Å². The first-order chi connectivity index (χ1) is 15.9. The van der Waals surface area contributed by atoms with E-state index in [4.69, 9.17) is 16.3 Å². The van der Waals surface area contributed by atoms with Gasteiger partial charge in [-0.25, -0.2) is 0 Å². The van der Waals surface area contributed by atoms with Crippen LogP contribution in [0.2, 0.25) is 5.02 Å². The minimum Gasteiger partial charge on any atom is -0.368 e. The van der Waals surface area contributed by atoms with Crippen molar-refractivity contribution in [3.63, 3.8) is 0 Å². The molecule has 1 atom stereocenters. The van der Waals surface area contributed by atoms with Crippen molar-refractivity contribution in [1.82, 2.24) is 10.2 Å². The van der Waals surface area contributed by atoms with Crippen LogP contribution in [0.3, 0.4) is 0 Å². The summed E-state index contributed by atoms with van der Waals surface area (Å²) in [4.78, 5) is 29.2. The molecule has 33 heavy (non-hydrogen) atoms. The molecule has 4 bridgehead atoms. The summed E-state index contributed by atoms with van der Waals surface area (Å²) in [6, 6.07) is 7.97. The van der Waals surface area contributed by atoms with E-state index in [1.54, 1.807) is 0 Å². The Bertz CT molecular complexity index is 848. The van der Waals surface area contributed by atoms with Crippen molar-refractivity contribution in [2.45, 2.75) is 51.5 Å². The van der Waals surface area contributed by atoms with E-state index >= 15 is 0 Å². The van der Waals surface area contributed by atoms with E-state index < -0.39 is 0 Å². The van der Waals surface area contributed by atoms with Crippen molar-refractivity contribution >= 4 is 29.1 Å². The van der Waals surface area contributed by atoms with Crippen LogP contribution in [-0.2, 0) is 14.3 Å². The Morgan fingerprint density at radius 2 is 1.70 bits per heavy atom. The van der Waals surface area contributed by atoms with Gasteiger partial charge in [0.05, 0.1) is 0 Å². The fourth-order valence-corrected chi connectivity index (χ4v) is 7.54. The summed E-state index contributed by atoms with van der Waals surface area (Å²) in [5, 5.41) is 3.93. The average Bonchev–Trinajstić information content (AvgIpc) is 2.78. The first-order valence-corrected chi connectivity index (χ1v) is 12.9. The number of hydrogen-bond donors (Lipinski definition) is 1. The number of anilines is 1. The highest BCUT2D eigenvalue weighted by Crippen LogP contribution is 2.61. The smallest absolute Gasteiger partial charge is 0.248 e. The molecule has 0 unspecified atom stereocenters. The number of rotatable bonds is 7. The molecule has 0 aromatic heterocycles. The second-order valence-corrected chi connectivity index (χ2v) is 11.3. The van der Waals surface area contributed by atoms with Gasteiger partial charge in [-0.1, -0.05) is 17.7 Å². The first-order valence-electron chi connectivity index (χ1n) is 12.6. The number of halogens is 1. The molecule has 0 radical (unpaired) electrons. The molecular formula is C26H36ClN3O3. The van der Waals surface area contributed by atoms with Crippen LogP contribution < -0.4 is 10.2 Å². The van der Waals surface area contributed by atoms with Gasteiger partial charge in [-0.2, -0.15) is 0 Å². The largest absolute Gasteiger partial charge is 0.368 e. The maximum atomic E-state index is 12.6. The van der Waals surface area contributed by atoms with Gasteiger partial charge in [-0.15, -0.1) is 0 Å². The third kappa shape index (κ3) is 5.02. The van der Waals surface area contributed by atoms with Gasteiger partial charge >= 0.3 is 0 Å². The minimum atomic E-state index is -0.100. The van der Waals surface area contributed by atoms with Crippen LogP contribution in [0.5, 0.6) is 0 Å². The van der Waals surface area contributed by atoms with Crippen LogP contribution in [-0.4, -0.2) is 62.1 Å². The van der Waals surface area contributed by atoms with Crippen molar-refractivity contribution in [2.24, 2.45) is 23.2 Å². The number of amides is 2. The van der Waals surface area contributed by atoms with E-state index in [-0.39, 0.29) is 36.5 Å². The SMILES string of the molecule is C[C@H](NC(=O)COCC(=O)N1CCN(c2cccc(Cl)c2)CC1)C12CC3CC(CC(C3)C1)C2. The molecule has 1 saturated heterocycles. The van der Waals surface area contributed by atoms with Gasteiger partial charge in [0.1, 0.15) is 13.2 Å². The van der Waals surface area contributed by atoms with Gasteiger partial charge in [0, 0.05) is 42.9 Å². The highest BCUT2D eigenvalue weighted by molar-refractivity contribution is 6.30. The molecular weight excluding hydrogens is 438 g/mol. The third-order valence-corrected chi connectivity index (χ3v) is 8.88. The van der Waals surface area contributed by atoms with E-state index in [1.807, 2.05) is 29.2 Å². The quantitative estimate of drug-likeness (QED) is 0.655. The summed E-state index contributed by atoms with van der Waals surface area (Å²) in [5.74, 6) is 2.44. The monoisotopic (exact) mass is 473 g/mol. The lowest BCUT2D eigenvalue weighted by Gasteiger charge is -2.59. The normalized spacial score (nSPS) is 31.5. The van der Waals surface area contributed by atoms with E-state index in [9.17, 15) is 9.59 Å². The number of hydrogen-bond acceptors (Lipinski definition) is 4. The third-order valence-electron chi connectivity index (χ3n) is 8.65. The minimum absolute atomic E-state index is 0.0453. The lowest BCUT2D eigenvalue weighted by atomic mass is 9.48. The Labute approximate surface area is 202 Å². The number of carbonyl (C=O) groups excluding carboxylic acids is 2. The van der Waals surface area contributed by atoms with Crippen molar-refractivity contribution in [3.8, 4) is 0 Å². The predicted molar refractivity (Wildman–Crippen MR) is 129 cm³/mol. The van der Waals surface area contributed by atoms with Crippen molar-refractivity contribution in [1.29, 1.82) is 0 Å². The van der Waals surface area contributed by atoms with Crippen LogP contribution in [0, 0.1) is 23.2 Å². The summed E-state index contributed by atoms with van der Waals surface area (Å²) in [7, 11) is 0. The number of piperazine rings is 1. The molecule has 4 saturated carbocycles. The summed E-state index contributed by atoms with van der Waals surface area (Å²) in [6.07, 6.45) is 8.00. The summed E-state index contributed by atoms with van der Waals surface area (Å²) in [6.45, 7) is 4.88. The summed E-state index contributed by atoms with van der Waals surface area (Å²) in [5.41, 5.74) is 1.36. The Morgan fingerprint density at radius 1 is 1.06 bits per heavy atom. The van der Waals surface area contributed by atoms with Crippen molar-refractivity contribution < 1.29 is 14.3 Å². The van der Waals surface area contributed by atoms with Gasteiger partial charge < -0.3 is 19.9 Å². The molecule has 5 aliphatic rings. The van der Waals surface area contributed by atoms with E-state index in [2.05, 4.69) is 17.1 Å². The molecule has 6 rings (SSSR count). The number of nitrogens with zero attached hydrogens (tertiary/aromatic N) is 2. The molecule has 5 fully saturated rings. The van der Waals surface area contributed by atoms with Gasteiger partial charge in [0.25, 0.3) is 0 Å². The fourth-order valence-electron chi connectivity index (χ4n) is 7.35. The van der Waals surface area contributed by atoms with Crippen LogP contribution in [0.15, 0.2) is 24.3 Å². The zero-order chi connectivity index (χ0) is 23.0. The zero-order valence-corrected chi connectivity index (χ0v) is 20.4. The number of benzene rings is 1. The predicted octanol–water partition coefficient (Wildman–Crippen LogP) is 3.73. The molecule has 4 aliphatic carbocycles. The lowest BCUT2D eigenvalue weighted by Crippen LogP contribution is -2.56. The molecule has 1 aromatic rings. The summed E-state index contributed by atoms with van der Waals surface area (Å²) < 4.78 is 5.52. The molecule has 1 N–H and O–H groups in total. The van der Waals surface area contributed by atoms with E-state index in [0.29, 0.717) is 13.1 Å². The Hall–Kier alpha value is -1.79. The van der Waals surface area contributed by atoms with Crippen LogP contribution in [0.4, 0.5) is 5.69 Å². The highest BCUT2D eigenvalue weighted by Gasteiger charge is 2.53. The molecule has 1 heterocycles. The zero-order valence-electron chi connectivity index (χ0n) is 19.6. The molecule has 0 spiro atoms. The molecule has 2 amide bonds. The molecule has 7 heteroatoms. The highest BCUT2D eigenvalue weighted by atomic mass is 35.5. The van der Waals surface area contributed by atoms with Gasteiger partial charge in [0.2, 0.25) is 11.8 Å². The molecule has 1 aliphatic heterocycles. The van der Waals surface area contributed by atoms with Crippen LogP contribution in [0.1, 0.15) is 45.4 Å². The van der Waals surface area contributed by atoms with Gasteiger partial charge in [0.15, 0.2) is 0 Å². The molecule has 1 aromatic carbocycles. The van der Waals surface area contributed by atoms with Crippen molar-refractivity contribution in [3.05, 3.63) is 29.3 Å². The number of ether oxygens (including phenoxy) is 1.